The first-order valence-electron chi connectivity index (χ1n) is 22.2. The standard InChI is InChI=1S/C44H83N3O6/c1-6-11-13-15-17-23-29-40(8-3)52-43(50)31-25-19-21-27-38(48)35-46(37-42-45-33-34-47(42)10-5)36-39(49)28-22-20-26-32-44(51)53-41(9-4)30-24-18-16-14-12-7-2/h33-34,38-41,48-49H,6-32,35-37H2,1-5H3. The normalized spacial score (nSPS) is 14.0. The Hall–Kier alpha value is -1.97. The molecule has 0 aliphatic heterocycles. The molecule has 0 fully saturated rings. The van der Waals surface area contributed by atoms with E-state index in [0.29, 0.717) is 45.3 Å². The third-order valence-corrected chi connectivity index (χ3v) is 10.5. The fourth-order valence-electron chi connectivity index (χ4n) is 7.10. The molecule has 1 aromatic heterocycles. The number of aryl methyl sites for hydroxylation is 1. The number of rotatable bonds is 37. The number of aromatic nitrogens is 2. The molecule has 9 heteroatoms. The molecule has 310 valence electrons. The van der Waals surface area contributed by atoms with Crippen LogP contribution in [0, 0.1) is 0 Å². The first-order chi connectivity index (χ1) is 25.8. The van der Waals surface area contributed by atoms with Gasteiger partial charge >= 0.3 is 11.9 Å². The molecule has 0 saturated carbocycles. The second-order valence-corrected chi connectivity index (χ2v) is 15.5. The monoisotopic (exact) mass is 750 g/mol. The van der Waals surface area contributed by atoms with Crippen LogP contribution in [0.3, 0.4) is 0 Å². The van der Waals surface area contributed by atoms with E-state index in [1.165, 1.54) is 64.2 Å². The van der Waals surface area contributed by atoms with E-state index in [4.69, 9.17) is 9.47 Å². The zero-order chi connectivity index (χ0) is 38.9. The number of aliphatic hydroxyl groups is 2. The first-order valence-corrected chi connectivity index (χ1v) is 22.2. The number of ether oxygens (including phenoxy) is 2. The van der Waals surface area contributed by atoms with Crippen LogP contribution >= 0.6 is 0 Å². The molecule has 9 nitrogen and oxygen atoms in total. The number of carbonyl (C=O) groups excluding carboxylic acids is 2. The van der Waals surface area contributed by atoms with Crippen molar-refractivity contribution in [2.75, 3.05) is 13.1 Å². The minimum atomic E-state index is -0.528. The Labute approximate surface area is 325 Å². The maximum Gasteiger partial charge on any atom is 0.306 e. The minimum absolute atomic E-state index is 0.0296. The Morgan fingerprint density at radius 2 is 1.04 bits per heavy atom. The average molecular weight is 750 g/mol. The number of imidazole rings is 1. The summed E-state index contributed by atoms with van der Waals surface area (Å²) in [6.07, 6.45) is 28.5. The molecule has 0 saturated heterocycles. The topological polar surface area (TPSA) is 114 Å². The highest BCUT2D eigenvalue weighted by Gasteiger charge is 2.19. The molecule has 4 unspecified atom stereocenters. The second-order valence-electron chi connectivity index (χ2n) is 15.5. The van der Waals surface area contributed by atoms with Gasteiger partial charge in [-0.25, -0.2) is 4.98 Å². The van der Waals surface area contributed by atoms with Crippen molar-refractivity contribution in [1.82, 2.24) is 14.5 Å². The van der Waals surface area contributed by atoms with Crippen molar-refractivity contribution in [3.8, 4) is 0 Å². The van der Waals surface area contributed by atoms with Gasteiger partial charge in [-0.05, 0) is 71.1 Å². The molecule has 53 heavy (non-hydrogen) atoms. The first kappa shape index (κ1) is 49.0. The van der Waals surface area contributed by atoms with Crippen molar-refractivity contribution in [1.29, 1.82) is 0 Å². The highest BCUT2D eigenvalue weighted by molar-refractivity contribution is 5.69. The number of esters is 2. The lowest BCUT2D eigenvalue weighted by molar-refractivity contribution is -0.150. The van der Waals surface area contributed by atoms with Gasteiger partial charge in [0.2, 0.25) is 0 Å². The van der Waals surface area contributed by atoms with Crippen LogP contribution in [0.15, 0.2) is 12.4 Å². The molecule has 0 aromatic carbocycles. The fourth-order valence-corrected chi connectivity index (χ4v) is 7.10. The van der Waals surface area contributed by atoms with E-state index in [9.17, 15) is 19.8 Å². The van der Waals surface area contributed by atoms with Crippen LogP contribution in [-0.4, -0.2) is 74.1 Å². The van der Waals surface area contributed by atoms with Crippen molar-refractivity contribution in [2.24, 2.45) is 0 Å². The molecule has 0 aliphatic rings. The molecule has 0 amide bonds. The van der Waals surface area contributed by atoms with Gasteiger partial charge in [0.25, 0.3) is 0 Å². The second kappa shape index (κ2) is 33.4. The van der Waals surface area contributed by atoms with E-state index in [-0.39, 0.29) is 24.1 Å². The number of hydrogen-bond acceptors (Lipinski definition) is 8. The number of nitrogens with zero attached hydrogens (tertiary/aromatic N) is 3. The van der Waals surface area contributed by atoms with Gasteiger partial charge in [-0.3, -0.25) is 14.5 Å². The van der Waals surface area contributed by atoms with E-state index in [1.807, 2.05) is 6.20 Å². The predicted octanol–water partition coefficient (Wildman–Crippen LogP) is 10.5. The summed E-state index contributed by atoms with van der Waals surface area (Å²) in [5, 5.41) is 22.0. The summed E-state index contributed by atoms with van der Waals surface area (Å²) in [5.41, 5.74) is 0. The Balaban J connectivity index is 2.38. The van der Waals surface area contributed by atoms with Gasteiger partial charge in [0.15, 0.2) is 0 Å². The zero-order valence-electron chi connectivity index (χ0n) is 35.0. The van der Waals surface area contributed by atoms with Crippen molar-refractivity contribution < 1.29 is 29.3 Å². The minimum Gasteiger partial charge on any atom is -0.462 e. The Morgan fingerprint density at radius 3 is 1.47 bits per heavy atom. The van der Waals surface area contributed by atoms with E-state index < -0.39 is 12.2 Å². The molecular weight excluding hydrogens is 666 g/mol. The molecule has 0 bridgehead atoms. The van der Waals surface area contributed by atoms with E-state index in [0.717, 1.165) is 89.4 Å². The van der Waals surface area contributed by atoms with Crippen LogP contribution in [0.4, 0.5) is 0 Å². The smallest absolute Gasteiger partial charge is 0.306 e. The predicted molar refractivity (Wildman–Crippen MR) is 218 cm³/mol. The van der Waals surface area contributed by atoms with Gasteiger partial charge in [0, 0.05) is 44.9 Å². The highest BCUT2D eigenvalue weighted by atomic mass is 16.5. The van der Waals surface area contributed by atoms with Gasteiger partial charge in [-0.1, -0.05) is 118 Å². The quantitative estimate of drug-likeness (QED) is 0.0510. The van der Waals surface area contributed by atoms with Crippen LogP contribution in [0.1, 0.15) is 207 Å². The fraction of sp³-hybridized carbons (Fsp3) is 0.886. The van der Waals surface area contributed by atoms with E-state index >= 15 is 0 Å². The molecule has 1 heterocycles. The average Bonchev–Trinajstić information content (AvgIpc) is 3.59. The van der Waals surface area contributed by atoms with Gasteiger partial charge in [0.1, 0.15) is 18.0 Å². The van der Waals surface area contributed by atoms with E-state index in [1.54, 1.807) is 6.20 Å². The van der Waals surface area contributed by atoms with E-state index in [2.05, 4.69) is 49.1 Å². The number of hydrogen-bond donors (Lipinski definition) is 2. The molecule has 0 spiro atoms. The summed E-state index contributed by atoms with van der Waals surface area (Å²) in [4.78, 5) is 31.6. The van der Waals surface area contributed by atoms with Crippen molar-refractivity contribution in [2.45, 2.75) is 239 Å². The van der Waals surface area contributed by atoms with Crippen LogP contribution in [-0.2, 0) is 32.2 Å². The molecule has 2 N–H and O–H groups in total. The van der Waals surface area contributed by atoms with Gasteiger partial charge < -0.3 is 24.3 Å². The maximum atomic E-state index is 12.5. The van der Waals surface area contributed by atoms with Crippen molar-refractivity contribution in [3.05, 3.63) is 18.2 Å². The molecule has 1 aromatic rings. The molecule has 0 aliphatic carbocycles. The third-order valence-electron chi connectivity index (χ3n) is 10.5. The SMILES string of the molecule is CCCCCCCCC(CC)OC(=O)CCCCCC(O)CN(Cc1nccn1CC)CC(O)CCCCCC(=O)OC(CC)CCCCCCCC. The zero-order valence-corrected chi connectivity index (χ0v) is 35.0. The molecular formula is C44H83N3O6. The van der Waals surface area contributed by atoms with Crippen LogP contribution < -0.4 is 0 Å². The van der Waals surface area contributed by atoms with Crippen LogP contribution in [0.5, 0.6) is 0 Å². The lowest BCUT2D eigenvalue weighted by Crippen LogP contribution is -2.38. The highest BCUT2D eigenvalue weighted by Crippen LogP contribution is 2.17. The lowest BCUT2D eigenvalue weighted by Gasteiger charge is -2.27. The number of aliphatic hydroxyl groups excluding tert-OH is 2. The number of unbranched alkanes of at least 4 members (excludes halogenated alkanes) is 14. The Kier molecular flexibility index (Phi) is 30.9. The van der Waals surface area contributed by atoms with Crippen molar-refractivity contribution >= 4 is 11.9 Å². The summed E-state index contributed by atoms with van der Waals surface area (Å²) < 4.78 is 13.6. The summed E-state index contributed by atoms with van der Waals surface area (Å²) in [6, 6.07) is 0. The third kappa shape index (κ3) is 26.5. The van der Waals surface area contributed by atoms with Gasteiger partial charge in [0.05, 0.1) is 18.8 Å². The number of carbonyl (C=O) groups is 2. The summed E-state index contributed by atoms with van der Waals surface area (Å²) >= 11 is 0. The maximum absolute atomic E-state index is 12.5. The molecule has 0 radical (unpaired) electrons. The summed E-state index contributed by atoms with van der Waals surface area (Å²) in [5.74, 6) is 0.727. The largest absolute Gasteiger partial charge is 0.462 e. The lowest BCUT2D eigenvalue weighted by atomic mass is 10.1. The summed E-state index contributed by atoms with van der Waals surface area (Å²) in [6.45, 7) is 13.0. The summed E-state index contributed by atoms with van der Waals surface area (Å²) in [7, 11) is 0. The molecule has 4 atom stereocenters. The van der Waals surface area contributed by atoms with Gasteiger partial charge in [-0.15, -0.1) is 0 Å². The van der Waals surface area contributed by atoms with Crippen LogP contribution in [0.2, 0.25) is 0 Å². The van der Waals surface area contributed by atoms with Gasteiger partial charge in [-0.2, -0.15) is 0 Å². The molecule has 1 rings (SSSR count). The Bertz CT molecular complexity index is 948. The van der Waals surface area contributed by atoms with Crippen LogP contribution in [0.25, 0.3) is 0 Å². The Morgan fingerprint density at radius 1 is 0.623 bits per heavy atom. The van der Waals surface area contributed by atoms with Crippen molar-refractivity contribution in [3.63, 3.8) is 0 Å².